The molecule has 8 heavy (non-hydrogen) atoms. The summed E-state index contributed by atoms with van der Waals surface area (Å²) in [6.07, 6.45) is 1.10. The first-order valence-electron chi connectivity index (χ1n) is 2.11. The van der Waals surface area contributed by atoms with E-state index in [0.29, 0.717) is 0 Å². The van der Waals surface area contributed by atoms with Crippen LogP contribution in [0.2, 0.25) is 0 Å². The molecule has 1 atom stereocenters. The van der Waals surface area contributed by atoms with Crippen molar-refractivity contribution in [3.8, 4) is 0 Å². The molecule has 0 aliphatic heterocycles. The van der Waals surface area contributed by atoms with E-state index in [1.165, 1.54) is 5.34 Å². The molecular formula is C3H10NO3P. The quantitative estimate of drug-likeness (QED) is 0.356. The molecule has 0 aromatic heterocycles. The fourth-order valence-corrected chi connectivity index (χ4v) is 0.354. The first-order valence-corrected chi connectivity index (χ1v) is 2.59. The first kappa shape index (κ1) is 10.7. The zero-order valence-corrected chi connectivity index (χ0v) is 5.86. The maximum Gasteiger partial charge on any atom is 0.152 e. The Kier molecular flexibility index (Phi) is 21.2. The molecule has 0 aliphatic carbocycles. The van der Waals surface area contributed by atoms with Crippen LogP contribution in [0.5, 0.6) is 0 Å². The monoisotopic (exact) mass is 139 g/mol. The summed E-state index contributed by atoms with van der Waals surface area (Å²) < 4.78 is 4.61. The van der Waals surface area contributed by atoms with Gasteiger partial charge in [0, 0.05) is 16.1 Å². The second kappa shape index (κ2) is 15.8. The maximum absolute atomic E-state index is 8.11. The van der Waals surface area contributed by atoms with E-state index in [9.17, 15) is 0 Å². The van der Waals surface area contributed by atoms with E-state index in [0.717, 1.165) is 13.0 Å². The summed E-state index contributed by atoms with van der Waals surface area (Å²) >= 11 is 0. The smallest absolute Gasteiger partial charge is 0.152 e. The van der Waals surface area contributed by atoms with Gasteiger partial charge < -0.3 is 9.73 Å². The summed E-state index contributed by atoms with van der Waals surface area (Å²) in [6.45, 7) is 2.93. The van der Waals surface area contributed by atoms with Crippen LogP contribution in [0.25, 0.3) is 0 Å². The second-order valence-corrected chi connectivity index (χ2v) is 1.29. The van der Waals surface area contributed by atoms with Crippen molar-refractivity contribution in [2.75, 3.05) is 6.61 Å². The highest BCUT2D eigenvalue weighted by Crippen LogP contribution is 1.84. The molecule has 0 aromatic carbocycles. The van der Waals surface area contributed by atoms with Gasteiger partial charge in [-0.2, -0.15) is 0 Å². The molecule has 0 radical (unpaired) electrons. The number of hydrogen-bond acceptors (Lipinski definition) is 3. The minimum atomic E-state index is 0.852. The van der Waals surface area contributed by atoms with E-state index in [4.69, 9.17) is 10.1 Å². The van der Waals surface area contributed by atoms with Crippen LogP contribution in [-0.4, -0.2) is 11.8 Å². The van der Waals surface area contributed by atoms with Crippen molar-refractivity contribution in [3.05, 3.63) is 4.91 Å². The Morgan fingerprint density at radius 2 is 2.25 bits per heavy atom. The van der Waals surface area contributed by atoms with Gasteiger partial charge in [0.25, 0.3) is 0 Å². The molecule has 0 spiro atoms. The van der Waals surface area contributed by atoms with Crippen molar-refractivity contribution in [1.82, 2.24) is 0 Å². The molecule has 0 saturated carbocycles. The normalized spacial score (nSPS) is 6.75. The molecule has 4 nitrogen and oxygen atoms in total. The first-order chi connectivity index (χ1) is 3.83. The average Bonchev–Trinajstić information content (AvgIpc) is 1.71. The standard InChI is InChI=1S/C3H9OP.HNO2/c1-2-3-4-5;2-1-3/h2-3,5H2,1H3;(H,2,3). The summed E-state index contributed by atoms with van der Waals surface area (Å²) in [6, 6.07) is 0. The number of nitrogens with zero attached hydrogens (tertiary/aromatic N) is 1. The molecule has 1 unspecified atom stereocenters. The summed E-state index contributed by atoms with van der Waals surface area (Å²) in [7, 11) is 2.20. The van der Waals surface area contributed by atoms with E-state index in [1.807, 2.05) is 0 Å². The van der Waals surface area contributed by atoms with Crippen LogP contribution >= 0.6 is 9.47 Å². The van der Waals surface area contributed by atoms with Gasteiger partial charge in [-0.1, -0.05) is 6.92 Å². The third-order valence-electron chi connectivity index (χ3n) is 0.322. The maximum atomic E-state index is 8.11. The lowest BCUT2D eigenvalue weighted by atomic mass is 10.5. The third kappa shape index (κ3) is 41.5. The van der Waals surface area contributed by atoms with Crippen molar-refractivity contribution < 1.29 is 9.73 Å². The van der Waals surface area contributed by atoms with E-state index < -0.39 is 0 Å². The Morgan fingerprint density at radius 3 is 2.25 bits per heavy atom. The van der Waals surface area contributed by atoms with Crippen LogP contribution in [0.4, 0.5) is 0 Å². The van der Waals surface area contributed by atoms with E-state index in [2.05, 4.69) is 20.9 Å². The van der Waals surface area contributed by atoms with Crippen LogP contribution in [0, 0.1) is 4.91 Å². The highest BCUT2D eigenvalue weighted by atomic mass is 31.0. The molecule has 1 N–H and O–H groups in total. The minimum Gasteiger partial charge on any atom is -0.379 e. The van der Waals surface area contributed by atoms with Gasteiger partial charge in [0.2, 0.25) is 0 Å². The fraction of sp³-hybridized carbons (Fsp3) is 1.00. The van der Waals surface area contributed by atoms with Crippen molar-refractivity contribution in [1.29, 1.82) is 0 Å². The molecule has 0 bridgehead atoms. The molecule has 0 aromatic rings. The Labute approximate surface area is 50.4 Å². The number of hydrogen-bond donors (Lipinski definition) is 1. The van der Waals surface area contributed by atoms with Gasteiger partial charge in [0.15, 0.2) is 5.34 Å². The SMILES string of the molecule is CCCOP.O=NO. The number of rotatable bonds is 2. The van der Waals surface area contributed by atoms with E-state index >= 15 is 0 Å². The summed E-state index contributed by atoms with van der Waals surface area (Å²) in [5, 5.41) is 7.89. The molecule has 0 saturated heterocycles. The van der Waals surface area contributed by atoms with Gasteiger partial charge >= 0.3 is 0 Å². The highest BCUT2D eigenvalue weighted by Gasteiger charge is 1.66. The lowest BCUT2D eigenvalue weighted by molar-refractivity contribution is 0.312. The van der Waals surface area contributed by atoms with Crippen molar-refractivity contribution in [2.45, 2.75) is 13.3 Å². The average molecular weight is 139 g/mol. The van der Waals surface area contributed by atoms with Gasteiger partial charge in [-0.3, -0.25) is 0 Å². The lowest BCUT2D eigenvalue weighted by Gasteiger charge is -1.84. The summed E-state index contributed by atoms with van der Waals surface area (Å²) in [5.41, 5.74) is 0. The van der Waals surface area contributed by atoms with Crippen molar-refractivity contribution in [2.24, 2.45) is 5.34 Å². The van der Waals surface area contributed by atoms with Gasteiger partial charge in [-0.05, 0) is 6.42 Å². The van der Waals surface area contributed by atoms with Gasteiger partial charge in [0.1, 0.15) is 0 Å². The van der Waals surface area contributed by atoms with Crippen molar-refractivity contribution >= 4 is 9.47 Å². The Balaban J connectivity index is 0. The topological polar surface area (TPSA) is 58.9 Å². The minimum absolute atomic E-state index is 0.852. The fourth-order valence-electron chi connectivity index (χ4n) is 0.118. The molecule has 0 aliphatic rings. The van der Waals surface area contributed by atoms with Crippen LogP contribution in [0.1, 0.15) is 13.3 Å². The van der Waals surface area contributed by atoms with Crippen molar-refractivity contribution in [3.63, 3.8) is 0 Å². The summed E-state index contributed by atoms with van der Waals surface area (Å²) in [4.78, 5) is 8.11. The predicted molar refractivity (Wildman–Crippen MR) is 33.5 cm³/mol. The molecule has 0 rings (SSSR count). The largest absolute Gasteiger partial charge is 0.379 e. The zero-order chi connectivity index (χ0) is 6.83. The van der Waals surface area contributed by atoms with Gasteiger partial charge in [-0.25, -0.2) is 0 Å². The van der Waals surface area contributed by atoms with Gasteiger partial charge in [-0.15, -0.1) is 4.91 Å². The van der Waals surface area contributed by atoms with Gasteiger partial charge in [0.05, 0.1) is 0 Å². The van der Waals surface area contributed by atoms with E-state index in [-0.39, 0.29) is 0 Å². The third-order valence-corrected chi connectivity index (χ3v) is 0.558. The Hall–Kier alpha value is -0.210. The Bertz CT molecular complexity index is 41.5. The van der Waals surface area contributed by atoms with Crippen LogP contribution < -0.4 is 0 Å². The Morgan fingerprint density at radius 1 is 1.88 bits per heavy atom. The lowest BCUT2D eigenvalue weighted by Crippen LogP contribution is -1.73. The highest BCUT2D eigenvalue weighted by molar-refractivity contribution is 7.09. The predicted octanol–water partition coefficient (Wildman–Crippen LogP) is 1.35. The molecule has 50 valence electrons. The van der Waals surface area contributed by atoms with Crippen LogP contribution in [0.3, 0.4) is 0 Å². The molecular weight excluding hydrogens is 129 g/mol. The molecule has 0 amide bonds. The zero-order valence-electron chi connectivity index (χ0n) is 4.70. The molecule has 0 fully saturated rings. The van der Waals surface area contributed by atoms with Crippen LogP contribution in [0.15, 0.2) is 5.34 Å². The summed E-state index contributed by atoms with van der Waals surface area (Å²) in [5.74, 6) is 0. The molecule has 0 heterocycles. The second-order valence-electron chi connectivity index (χ2n) is 0.952. The molecule has 5 heteroatoms. The van der Waals surface area contributed by atoms with Crippen LogP contribution in [-0.2, 0) is 4.52 Å². The van der Waals surface area contributed by atoms with E-state index in [1.54, 1.807) is 0 Å².